The van der Waals surface area contributed by atoms with Crippen molar-refractivity contribution in [2.24, 2.45) is 0 Å². The number of thioether (sulfide) groups is 1. The molecule has 3 aromatic rings. The molecule has 0 amide bonds. The minimum absolute atomic E-state index is 0.0199. The van der Waals surface area contributed by atoms with E-state index in [9.17, 15) is 4.79 Å². The van der Waals surface area contributed by atoms with E-state index < -0.39 is 0 Å². The van der Waals surface area contributed by atoms with Gasteiger partial charge >= 0.3 is 0 Å². The molecule has 28 heavy (non-hydrogen) atoms. The molecule has 0 saturated carbocycles. The van der Waals surface area contributed by atoms with E-state index in [2.05, 4.69) is 13.8 Å². The molecule has 6 heteroatoms. The van der Waals surface area contributed by atoms with Crippen LogP contribution in [0.5, 0.6) is 11.5 Å². The van der Waals surface area contributed by atoms with E-state index in [1.807, 2.05) is 47.9 Å². The van der Waals surface area contributed by atoms with Crippen LogP contribution in [0.1, 0.15) is 37.4 Å². The fourth-order valence-corrected chi connectivity index (χ4v) is 4.28. The van der Waals surface area contributed by atoms with E-state index in [-0.39, 0.29) is 11.6 Å². The molecule has 0 spiro atoms. The Kier molecular flexibility index (Phi) is 6.29. The standard InChI is InChI=1S/C22H26N2O3S/c1-6-15(3)24-21(25)17-9-7-8-10-18(17)23-22(24)28-13-16-12-20(27-5)19(26-4)11-14(16)2/h7-12,15H,6,13H2,1-5H3/t15-/m1/s1. The summed E-state index contributed by atoms with van der Waals surface area (Å²) in [5.74, 6) is 2.11. The minimum Gasteiger partial charge on any atom is -0.493 e. The van der Waals surface area contributed by atoms with E-state index >= 15 is 0 Å². The van der Waals surface area contributed by atoms with Crippen LogP contribution in [0.15, 0.2) is 46.3 Å². The third kappa shape index (κ3) is 3.87. The van der Waals surface area contributed by atoms with Gasteiger partial charge in [0.15, 0.2) is 16.7 Å². The first-order valence-electron chi connectivity index (χ1n) is 9.35. The fourth-order valence-electron chi connectivity index (χ4n) is 3.12. The predicted octanol–water partition coefficient (Wildman–Crippen LogP) is 4.99. The maximum Gasteiger partial charge on any atom is 0.262 e. The zero-order chi connectivity index (χ0) is 20.3. The first kappa shape index (κ1) is 20.3. The van der Waals surface area contributed by atoms with E-state index in [0.717, 1.165) is 28.2 Å². The van der Waals surface area contributed by atoms with Gasteiger partial charge in [0.1, 0.15) is 0 Å². The van der Waals surface area contributed by atoms with Gasteiger partial charge in [-0.3, -0.25) is 9.36 Å². The second-order valence-corrected chi connectivity index (χ2v) is 7.71. The third-order valence-electron chi connectivity index (χ3n) is 5.01. The number of aryl methyl sites for hydroxylation is 1. The molecule has 0 saturated heterocycles. The van der Waals surface area contributed by atoms with Gasteiger partial charge in [-0.2, -0.15) is 0 Å². The number of fused-ring (bicyclic) bond motifs is 1. The molecule has 5 nitrogen and oxygen atoms in total. The lowest BCUT2D eigenvalue weighted by Crippen LogP contribution is -2.26. The van der Waals surface area contributed by atoms with E-state index in [1.54, 1.807) is 26.0 Å². The Hall–Kier alpha value is -2.47. The van der Waals surface area contributed by atoms with Crippen molar-refractivity contribution in [2.45, 2.75) is 44.1 Å². The van der Waals surface area contributed by atoms with Gasteiger partial charge in [0.05, 0.1) is 25.1 Å². The Balaban J connectivity index is 2.02. The molecule has 0 aliphatic rings. The Morgan fingerprint density at radius 3 is 2.50 bits per heavy atom. The van der Waals surface area contributed by atoms with E-state index in [4.69, 9.17) is 14.5 Å². The molecule has 0 radical (unpaired) electrons. The molecule has 3 rings (SSSR count). The van der Waals surface area contributed by atoms with Gasteiger partial charge < -0.3 is 9.47 Å². The molecule has 0 unspecified atom stereocenters. The number of methoxy groups -OCH3 is 2. The van der Waals surface area contributed by atoms with Crippen molar-refractivity contribution in [1.82, 2.24) is 9.55 Å². The molecule has 1 heterocycles. The van der Waals surface area contributed by atoms with Crippen LogP contribution in [0.25, 0.3) is 10.9 Å². The monoisotopic (exact) mass is 398 g/mol. The summed E-state index contributed by atoms with van der Waals surface area (Å²) in [5.41, 5.74) is 2.99. The average Bonchev–Trinajstić information content (AvgIpc) is 2.72. The average molecular weight is 399 g/mol. The second-order valence-electron chi connectivity index (χ2n) is 6.77. The minimum atomic E-state index is 0.0199. The summed E-state index contributed by atoms with van der Waals surface area (Å²) in [6, 6.07) is 11.6. The van der Waals surface area contributed by atoms with Crippen LogP contribution in [0, 0.1) is 6.92 Å². The van der Waals surface area contributed by atoms with Crippen molar-refractivity contribution in [3.63, 3.8) is 0 Å². The lowest BCUT2D eigenvalue weighted by atomic mass is 10.1. The Labute approximate surface area is 169 Å². The lowest BCUT2D eigenvalue weighted by molar-refractivity contribution is 0.354. The SMILES string of the molecule is CC[C@@H](C)n1c(SCc2cc(OC)c(OC)cc2C)nc2ccccc2c1=O. The van der Waals surface area contributed by atoms with Gasteiger partial charge in [0.25, 0.3) is 5.56 Å². The molecule has 148 valence electrons. The number of rotatable bonds is 7. The van der Waals surface area contributed by atoms with Crippen molar-refractivity contribution >= 4 is 22.7 Å². The molecule has 0 fully saturated rings. The molecule has 1 atom stereocenters. The number of hydrogen-bond donors (Lipinski definition) is 0. The van der Waals surface area contributed by atoms with Gasteiger partial charge in [0.2, 0.25) is 0 Å². The van der Waals surface area contributed by atoms with Gasteiger partial charge in [-0.15, -0.1) is 0 Å². The number of nitrogens with zero attached hydrogens (tertiary/aromatic N) is 2. The topological polar surface area (TPSA) is 53.4 Å². The van der Waals surface area contributed by atoms with Gasteiger partial charge in [0, 0.05) is 11.8 Å². The summed E-state index contributed by atoms with van der Waals surface area (Å²) in [6.45, 7) is 6.19. The molecule has 0 bridgehead atoms. The number of para-hydroxylation sites is 1. The van der Waals surface area contributed by atoms with Gasteiger partial charge in [-0.25, -0.2) is 4.98 Å². The Morgan fingerprint density at radius 2 is 1.82 bits per heavy atom. The highest BCUT2D eigenvalue weighted by Gasteiger charge is 2.16. The predicted molar refractivity (Wildman–Crippen MR) is 115 cm³/mol. The molecule has 0 aliphatic heterocycles. The molecular weight excluding hydrogens is 372 g/mol. The van der Waals surface area contributed by atoms with Crippen LogP contribution < -0.4 is 15.0 Å². The first-order chi connectivity index (χ1) is 13.5. The number of hydrogen-bond acceptors (Lipinski definition) is 5. The zero-order valence-electron chi connectivity index (χ0n) is 17.0. The largest absolute Gasteiger partial charge is 0.493 e. The van der Waals surface area contributed by atoms with Gasteiger partial charge in [-0.1, -0.05) is 30.8 Å². The van der Waals surface area contributed by atoms with Crippen molar-refractivity contribution in [2.75, 3.05) is 14.2 Å². The molecular formula is C22H26N2O3S. The van der Waals surface area contributed by atoms with E-state index in [0.29, 0.717) is 22.6 Å². The highest BCUT2D eigenvalue weighted by atomic mass is 32.2. The maximum atomic E-state index is 13.1. The molecule has 1 aromatic heterocycles. The zero-order valence-corrected chi connectivity index (χ0v) is 17.8. The van der Waals surface area contributed by atoms with Crippen LogP contribution in [0.2, 0.25) is 0 Å². The van der Waals surface area contributed by atoms with Gasteiger partial charge in [-0.05, 0) is 55.7 Å². The van der Waals surface area contributed by atoms with Crippen LogP contribution in [0.4, 0.5) is 0 Å². The summed E-state index contributed by atoms with van der Waals surface area (Å²) in [4.78, 5) is 17.9. The molecule has 2 aromatic carbocycles. The first-order valence-corrected chi connectivity index (χ1v) is 10.3. The smallest absolute Gasteiger partial charge is 0.262 e. The lowest BCUT2D eigenvalue weighted by Gasteiger charge is -2.19. The van der Waals surface area contributed by atoms with Crippen LogP contribution in [-0.4, -0.2) is 23.8 Å². The number of aromatic nitrogens is 2. The number of benzene rings is 2. The Morgan fingerprint density at radius 1 is 1.14 bits per heavy atom. The highest BCUT2D eigenvalue weighted by molar-refractivity contribution is 7.98. The normalized spacial score (nSPS) is 12.2. The second kappa shape index (κ2) is 8.69. The van der Waals surface area contributed by atoms with E-state index in [1.165, 1.54) is 0 Å². The summed E-state index contributed by atoms with van der Waals surface area (Å²) >= 11 is 1.58. The van der Waals surface area contributed by atoms with Crippen LogP contribution >= 0.6 is 11.8 Å². The summed E-state index contributed by atoms with van der Waals surface area (Å²) < 4.78 is 12.6. The quantitative estimate of drug-likeness (QED) is 0.415. The third-order valence-corrected chi connectivity index (χ3v) is 6.01. The summed E-state index contributed by atoms with van der Waals surface area (Å²) in [5, 5.41) is 1.40. The summed E-state index contributed by atoms with van der Waals surface area (Å²) in [6.07, 6.45) is 0.864. The van der Waals surface area contributed by atoms with Crippen molar-refractivity contribution in [1.29, 1.82) is 0 Å². The van der Waals surface area contributed by atoms with Crippen molar-refractivity contribution in [3.05, 3.63) is 57.9 Å². The van der Waals surface area contributed by atoms with Crippen molar-refractivity contribution < 1.29 is 9.47 Å². The highest BCUT2D eigenvalue weighted by Crippen LogP contribution is 2.33. The summed E-state index contributed by atoms with van der Waals surface area (Å²) in [7, 11) is 3.27. The number of ether oxygens (including phenoxy) is 2. The van der Waals surface area contributed by atoms with Crippen LogP contribution in [0.3, 0.4) is 0 Å². The molecule has 0 N–H and O–H groups in total. The van der Waals surface area contributed by atoms with Crippen molar-refractivity contribution in [3.8, 4) is 11.5 Å². The Bertz CT molecular complexity index is 1050. The van der Waals surface area contributed by atoms with Crippen LogP contribution in [-0.2, 0) is 5.75 Å². The fraction of sp³-hybridized carbons (Fsp3) is 0.364. The maximum absolute atomic E-state index is 13.1. The molecule has 0 aliphatic carbocycles.